The lowest BCUT2D eigenvalue weighted by atomic mass is 9.84. The number of hydrogen-bond acceptors (Lipinski definition) is 6. The molecular formula is C19H25N3O3. The van der Waals surface area contributed by atoms with E-state index in [0.29, 0.717) is 24.9 Å². The standard InChI is InChI=1S/C19H25N3O3/c1-2-4-15(5-3-1)12-18-21-17(22-25-18)14-20-16-6-9-24-19(13-16)7-10-23-11-8-19/h1-5,16,20H,6-14H2/t16-/m0/s1. The van der Waals surface area contributed by atoms with E-state index in [1.54, 1.807) is 0 Å². The number of benzene rings is 1. The molecule has 1 aromatic carbocycles. The Hall–Kier alpha value is -1.76. The van der Waals surface area contributed by atoms with Crippen LogP contribution in [0.25, 0.3) is 0 Å². The van der Waals surface area contributed by atoms with Gasteiger partial charge in [-0.2, -0.15) is 4.98 Å². The zero-order valence-electron chi connectivity index (χ0n) is 14.4. The fourth-order valence-corrected chi connectivity index (χ4v) is 3.73. The first-order valence-electron chi connectivity index (χ1n) is 9.12. The van der Waals surface area contributed by atoms with Crippen LogP contribution < -0.4 is 5.32 Å². The summed E-state index contributed by atoms with van der Waals surface area (Å²) in [6.45, 7) is 3.06. The monoisotopic (exact) mass is 343 g/mol. The predicted octanol–water partition coefficient (Wildman–Crippen LogP) is 2.48. The Kier molecular flexibility index (Phi) is 5.10. The van der Waals surface area contributed by atoms with Crippen molar-refractivity contribution in [3.8, 4) is 0 Å². The molecule has 1 aromatic heterocycles. The summed E-state index contributed by atoms with van der Waals surface area (Å²) >= 11 is 0. The van der Waals surface area contributed by atoms with Crippen molar-refractivity contribution < 1.29 is 14.0 Å². The maximum absolute atomic E-state index is 6.09. The van der Waals surface area contributed by atoms with E-state index in [1.165, 1.54) is 5.56 Å². The van der Waals surface area contributed by atoms with Crippen molar-refractivity contribution in [2.45, 2.75) is 50.3 Å². The largest absolute Gasteiger partial charge is 0.381 e. The molecule has 2 aliphatic heterocycles. The molecule has 0 unspecified atom stereocenters. The van der Waals surface area contributed by atoms with E-state index in [9.17, 15) is 0 Å². The molecule has 0 radical (unpaired) electrons. The van der Waals surface area contributed by atoms with Gasteiger partial charge in [-0.15, -0.1) is 0 Å². The van der Waals surface area contributed by atoms with Crippen molar-refractivity contribution in [2.24, 2.45) is 0 Å². The van der Waals surface area contributed by atoms with E-state index >= 15 is 0 Å². The molecule has 0 saturated carbocycles. The van der Waals surface area contributed by atoms with E-state index in [1.807, 2.05) is 18.2 Å². The van der Waals surface area contributed by atoms with Crippen LogP contribution in [0.15, 0.2) is 34.9 Å². The highest BCUT2D eigenvalue weighted by Gasteiger charge is 2.38. The molecule has 134 valence electrons. The van der Waals surface area contributed by atoms with Crippen LogP contribution in [0.1, 0.15) is 43.0 Å². The maximum atomic E-state index is 6.09. The molecule has 2 fully saturated rings. The van der Waals surface area contributed by atoms with Gasteiger partial charge in [-0.1, -0.05) is 35.5 Å². The van der Waals surface area contributed by atoms with Gasteiger partial charge in [-0.3, -0.25) is 0 Å². The Morgan fingerprint density at radius 3 is 2.80 bits per heavy atom. The third-order valence-corrected chi connectivity index (χ3v) is 5.15. The quantitative estimate of drug-likeness (QED) is 0.899. The lowest BCUT2D eigenvalue weighted by molar-refractivity contribution is -0.140. The molecule has 6 heteroatoms. The molecular weight excluding hydrogens is 318 g/mol. The Morgan fingerprint density at radius 2 is 1.96 bits per heavy atom. The van der Waals surface area contributed by atoms with Gasteiger partial charge >= 0.3 is 0 Å². The first-order valence-corrected chi connectivity index (χ1v) is 9.12. The first-order chi connectivity index (χ1) is 12.3. The normalized spacial score (nSPS) is 23.0. The lowest BCUT2D eigenvalue weighted by Gasteiger charge is -2.43. The summed E-state index contributed by atoms with van der Waals surface area (Å²) in [7, 11) is 0. The van der Waals surface area contributed by atoms with Crippen LogP contribution in [0, 0.1) is 0 Å². The second-order valence-electron chi connectivity index (χ2n) is 6.98. The van der Waals surface area contributed by atoms with Crippen LogP contribution in [-0.4, -0.2) is 41.6 Å². The smallest absolute Gasteiger partial charge is 0.231 e. The van der Waals surface area contributed by atoms with Crippen molar-refractivity contribution in [3.63, 3.8) is 0 Å². The minimum Gasteiger partial charge on any atom is -0.381 e. The Labute approximate surface area is 147 Å². The molecule has 0 amide bonds. The van der Waals surface area contributed by atoms with Crippen LogP contribution in [0.2, 0.25) is 0 Å². The Morgan fingerprint density at radius 1 is 1.12 bits per heavy atom. The molecule has 4 rings (SSSR count). The lowest BCUT2D eigenvalue weighted by Crippen LogP contribution is -2.49. The van der Waals surface area contributed by atoms with Gasteiger partial charge in [0.05, 0.1) is 18.6 Å². The third kappa shape index (κ3) is 4.26. The minimum absolute atomic E-state index is 0.00386. The van der Waals surface area contributed by atoms with Crippen LogP contribution >= 0.6 is 0 Å². The Bertz CT molecular complexity index is 662. The summed E-state index contributed by atoms with van der Waals surface area (Å²) in [6, 6.07) is 10.6. The van der Waals surface area contributed by atoms with E-state index in [-0.39, 0.29) is 5.60 Å². The number of ether oxygens (including phenoxy) is 2. The van der Waals surface area contributed by atoms with Crippen LogP contribution in [0.4, 0.5) is 0 Å². The topological polar surface area (TPSA) is 69.4 Å². The molecule has 2 saturated heterocycles. The first kappa shape index (κ1) is 16.7. The van der Waals surface area contributed by atoms with E-state index in [4.69, 9.17) is 14.0 Å². The fraction of sp³-hybridized carbons (Fsp3) is 0.579. The summed E-state index contributed by atoms with van der Waals surface area (Å²) in [4.78, 5) is 4.50. The second kappa shape index (κ2) is 7.64. The van der Waals surface area contributed by atoms with Crippen molar-refractivity contribution >= 4 is 0 Å². The van der Waals surface area contributed by atoms with Gasteiger partial charge in [0.15, 0.2) is 5.82 Å². The van der Waals surface area contributed by atoms with Gasteiger partial charge in [-0.05, 0) is 31.2 Å². The highest BCUT2D eigenvalue weighted by atomic mass is 16.5. The zero-order valence-corrected chi connectivity index (χ0v) is 14.4. The molecule has 1 N–H and O–H groups in total. The molecule has 0 aliphatic carbocycles. The highest BCUT2D eigenvalue weighted by molar-refractivity contribution is 5.17. The summed E-state index contributed by atoms with van der Waals surface area (Å²) < 4.78 is 16.9. The number of nitrogens with zero attached hydrogens (tertiary/aromatic N) is 2. The predicted molar refractivity (Wildman–Crippen MR) is 92.1 cm³/mol. The van der Waals surface area contributed by atoms with Crippen LogP contribution in [0.5, 0.6) is 0 Å². The van der Waals surface area contributed by atoms with Crippen molar-refractivity contribution in [2.75, 3.05) is 19.8 Å². The van der Waals surface area contributed by atoms with Crippen molar-refractivity contribution in [1.29, 1.82) is 0 Å². The van der Waals surface area contributed by atoms with Gasteiger partial charge in [0.1, 0.15) is 0 Å². The summed E-state index contributed by atoms with van der Waals surface area (Å²) in [6.07, 6.45) is 4.72. The van der Waals surface area contributed by atoms with Gasteiger partial charge in [0.2, 0.25) is 5.89 Å². The van der Waals surface area contributed by atoms with Gasteiger partial charge < -0.3 is 19.3 Å². The molecule has 2 aromatic rings. The molecule has 6 nitrogen and oxygen atoms in total. The minimum atomic E-state index is 0.00386. The third-order valence-electron chi connectivity index (χ3n) is 5.15. The molecule has 0 bridgehead atoms. The SMILES string of the molecule is c1ccc(Cc2nc(CN[C@H]3CCOC4(CCOCC4)C3)no2)cc1. The molecule has 1 spiro atoms. The number of aromatic nitrogens is 2. The fourth-order valence-electron chi connectivity index (χ4n) is 3.73. The number of hydrogen-bond donors (Lipinski definition) is 1. The van der Waals surface area contributed by atoms with Crippen LogP contribution in [0.3, 0.4) is 0 Å². The number of nitrogens with one attached hydrogen (secondary N) is 1. The molecule has 2 aliphatic rings. The van der Waals surface area contributed by atoms with Gasteiger partial charge in [0.25, 0.3) is 0 Å². The summed E-state index contributed by atoms with van der Waals surface area (Å²) in [5.74, 6) is 1.38. The highest BCUT2D eigenvalue weighted by Crippen LogP contribution is 2.34. The van der Waals surface area contributed by atoms with Crippen molar-refractivity contribution in [3.05, 3.63) is 47.6 Å². The summed E-state index contributed by atoms with van der Waals surface area (Å²) in [5.41, 5.74) is 1.18. The summed E-state index contributed by atoms with van der Waals surface area (Å²) in [5, 5.41) is 7.68. The maximum Gasteiger partial charge on any atom is 0.231 e. The number of rotatable bonds is 5. The van der Waals surface area contributed by atoms with E-state index < -0.39 is 0 Å². The molecule has 1 atom stereocenters. The molecule has 25 heavy (non-hydrogen) atoms. The average Bonchev–Trinajstić information content (AvgIpc) is 3.09. The van der Waals surface area contributed by atoms with E-state index in [0.717, 1.165) is 51.3 Å². The second-order valence-corrected chi connectivity index (χ2v) is 6.98. The zero-order chi connectivity index (χ0) is 17.0. The van der Waals surface area contributed by atoms with Gasteiger partial charge in [-0.25, -0.2) is 0 Å². The van der Waals surface area contributed by atoms with E-state index in [2.05, 4.69) is 27.6 Å². The average molecular weight is 343 g/mol. The van der Waals surface area contributed by atoms with Crippen LogP contribution in [-0.2, 0) is 22.4 Å². The molecule has 3 heterocycles. The Balaban J connectivity index is 1.29. The van der Waals surface area contributed by atoms with Gasteiger partial charge in [0, 0.05) is 25.9 Å². The van der Waals surface area contributed by atoms with Crippen molar-refractivity contribution in [1.82, 2.24) is 15.5 Å².